The zero-order chi connectivity index (χ0) is 18.8. The number of carbonyl (C=O) groups is 2. The molecular formula is C16H30N4O3S2. The standard InChI is InChI=1S/C16H30N4O3S2/c1-14(21)19-15(16(22)23)13-25-24-12-10-8-6-4-2-3-5-7-9-11-18-20-17/h15H,2-13H2,1H3,(H,19,21)(H,22,23)/t15-/m0/s1. The topological polar surface area (TPSA) is 115 Å². The van der Waals surface area contributed by atoms with Gasteiger partial charge in [0.05, 0.1) is 0 Å². The van der Waals surface area contributed by atoms with E-state index >= 15 is 0 Å². The average Bonchev–Trinajstić information content (AvgIpc) is 2.56. The van der Waals surface area contributed by atoms with Gasteiger partial charge < -0.3 is 10.4 Å². The predicted octanol–water partition coefficient (Wildman–Crippen LogP) is 4.78. The maximum absolute atomic E-state index is 11.0. The highest BCUT2D eigenvalue weighted by atomic mass is 33.1. The summed E-state index contributed by atoms with van der Waals surface area (Å²) in [5.74, 6) is 0.102. The van der Waals surface area contributed by atoms with Crippen LogP contribution in [0.2, 0.25) is 0 Å². The molecule has 9 heteroatoms. The van der Waals surface area contributed by atoms with Gasteiger partial charge >= 0.3 is 5.97 Å². The molecule has 7 nitrogen and oxygen atoms in total. The monoisotopic (exact) mass is 390 g/mol. The van der Waals surface area contributed by atoms with E-state index in [4.69, 9.17) is 10.6 Å². The van der Waals surface area contributed by atoms with Crippen molar-refractivity contribution in [2.75, 3.05) is 18.1 Å². The van der Waals surface area contributed by atoms with Gasteiger partial charge in [-0.2, -0.15) is 0 Å². The largest absolute Gasteiger partial charge is 0.480 e. The highest BCUT2D eigenvalue weighted by molar-refractivity contribution is 8.76. The van der Waals surface area contributed by atoms with Crippen LogP contribution in [0.3, 0.4) is 0 Å². The molecule has 0 heterocycles. The minimum absolute atomic E-state index is 0.311. The summed E-state index contributed by atoms with van der Waals surface area (Å²) in [6.07, 6.45) is 10.7. The van der Waals surface area contributed by atoms with Crippen molar-refractivity contribution in [1.29, 1.82) is 0 Å². The summed E-state index contributed by atoms with van der Waals surface area (Å²) in [7, 11) is 3.18. The number of carbonyl (C=O) groups excluding carboxylic acids is 1. The molecule has 0 aliphatic rings. The number of aliphatic carboxylic acids is 1. The number of nitrogens with one attached hydrogen (secondary N) is 1. The fraction of sp³-hybridized carbons (Fsp3) is 0.875. The first-order valence-corrected chi connectivity index (χ1v) is 11.3. The average molecular weight is 391 g/mol. The molecule has 1 amide bonds. The summed E-state index contributed by atoms with van der Waals surface area (Å²) < 4.78 is 0. The van der Waals surface area contributed by atoms with Crippen LogP contribution in [0.15, 0.2) is 5.11 Å². The Morgan fingerprint density at radius 1 is 1.04 bits per heavy atom. The summed E-state index contributed by atoms with van der Waals surface area (Å²) in [4.78, 5) is 24.6. The van der Waals surface area contributed by atoms with E-state index in [1.54, 1.807) is 10.8 Å². The molecule has 0 rings (SSSR count). The Morgan fingerprint density at radius 2 is 1.60 bits per heavy atom. The number of nitrogens with zero attached hydrogens (tertiary/aromatic N) is 3. The number of azide groups is 1. The van der Waals surface area contributed by atoms with Crippen molar-refractivity contribution >= 4 is 33.5 Å². The first kappa shape index (κ1) is 23.9. The van der Waals surface area contributed by atoms with Gasteiger partial charge in [0, 0.05) is 29.9 Å². The Balaban J connectivity index is 3.31. The summed E-state index contributed by atoms with van der Waals surface area (Å²) in [5, 5.41) is 14.9. The van der Waals surface area contributed by atoms with E-state index in [0.29, 0.717) is 12.3 Å². The second kappa shape index (κ2) is 17.8. The van der Waals surface area contributed by atoms with E-state index < -0.39 is 12.0 Å². The quantitative estimate of drug-likeness (QED) is 0.122. The second-order valence-electron chi connectivity index (χ2n) is 5.83. The van der Waals surface area contributed by atoms with E-state index in [0.717, 1.165) is 25.0 Å². The molecule has 0 saturated heterocycles. The molecule has 0 aromatic heterocycles. The van der Waals surface area contributed by atoms with Crippen LogP contribution in [0.4, 0.5) is 0 Å². The maximum atomic E-state index is 11.0. The Kier molecular flexibility index (Phi) is 17.0. The van der Waals surface area contributed by atoms with Gasteiger partial charge in [-0.25, -0.2) is 4.79 Å². The van der Waals surface area contributed by atoms with Crippen LogP contribution in [0.1, 0.15) is 64.7 Å². The lowest BCUT2D eigenvalue weighted by Crippen LogP contribution is -2.41. The first-order chi connectivity index (χ1) is 12.1. The Hall–Kier alpha value is -1.05. The van der Waals surface area contributed by atoms with Crippen LogP contribution >= 0.6 is 21.6 Å². The van der Waals surface area contributed by atoms with Crippen molar-refractivity contribution in [3.8, 4) is 0 Å². The van der Waals surface area contributed by atoms with Crippen LogP contribution in [0.25, 0.3) is 10.4 Å². The molecule has 0 unspecified atom stereocenters. The van der Waals surface area contributed by atoms with Crippen molar-refractivity contribution < 1.29 is 14.7 Å². The smallest absolute Gasteiger partial charge is 0.327 e. The first-order valence-electron chi connectivity index (χ1n) is 8.83. The molecule has 0 bridgehead atoms. The van der Waals surface area contributed by atoms with Crippen LogP contribution in [0, 0.1) is 0 Å². The Morgan fingerprint density at radius 3 is 2.12 bits per heavy atom. The summed E-state index contributed by atoms with van der Waals surface area (Å²) >= 11 is 0. The third-order valence-corrected chi connectivity index (χ3v) is 6.04. The molecular weight excluding hydrogens is 360 g/mol. The SMILES string of the molecule is CC(=O)N[C@@H](CSSCCCCCCCCCCCN=[N+]=[N-])C(=O)O. The second-order valence-corrected chi connectivity index (χ2v) is 8.46. The molecule has 2 N–H and O–H groups in total. The van der Waals surface area contributed by atoms with Gasteiger partial charge in [-0.1, -0.05) is 71.6 Å². The summed E-state index contributed by atoms with van der Waals surface area (Å²) in [5.41, 5.74) is 8.15. The molecule has 0 aromatic rings. The molecule has 0 spiro atoms. The third kappa shape index (κ3) is 17.6. The lowest BCUT2D eigenvalue weighted by atomic mass is 10.1. The zero-order valence-electron chi connectivity index (χ0n) is 15.0. The maximum Gasteiger partial charge on any atom is 0.327 e. The molecule has 144 valence electrons. The molecule has 0 aromatic carbocycles. The molecule has 1 atom stereocenters. The summed E-state index contributed by atoms with van der Waals surface area (Å²) in [6, 6.07) is -0.804. The number of rotatable bonds is 17. The number of amides is 1. The minimum atomic E-state index is -0.985. The van der Waals surface area contributed by atoms with Crippen molar-refractivity contribution in [2.45, 2.75) is 70.8 Å². The van der Waals surface area contributed by atoms with E-state index in [1.807, 2.05) is 0 Å². The van der Waals surface area contributed by atoms with Gasteiger partial charge in [0.2, 0.25) is 5.91 Å². The van der Waals surface area contributed by atoms with Gasteiger partial charge in [0.15, 0.2) is 0 Å². The Bertz CT molecular complexity index is 418. The van der Waals surface area contributed by atoms with Gasteiger partial charge in [-0.15, -0.1) is 0 Å². The molecule has 25 heavy (non-hydrogen) atoms. The lowest BCUT2D eigenvalue weighted by molar-refractivity contribution is -0.140. The zero-order valence-corrected chi connectivity index (χ0v) is 16.6. The van der Waals surface area contributed by atoms with Gasteiger partial charge in [0.25, 0.3) is 0 Å². The van der Waals surface area contributed by atoms with E-state index in [2.05, 4.69) is 15.3 Å². The van der Waals surface area contributed by atoms with Crippen molar-refractivity contribution in [3.63, 3.8) is 0 Å². The van der Waals surface area contributed by atoms with E-state index in [-0.39, 0.29) is 5.91 Å². The Labute approximate surface area is 158 Å². The van der Waals surface area contributed by atoms with Crippen molar-refractivity contribution in [2.24, 2.45) is 5.11 Å². The number of hydrogen-bond donors (Lipinski definition) is 2. The van der Waals surface area contributed by atoms with Gasteiger partial charge in [-0.05, 0) is 18.4 Å². The molecule has 0 fully saturated rings. The number of hydrogen-bond acceptors (Lipinski definition) is 5. The lowest BCUT2D eigenvalue weighted by Gasteiger charge is -2.12. The fourth-order valence-corrected chi connectivity index (χ4v) is 4.52. The van der Waals surface area contributed by atoms with Gasteiger partial charge in [0.1, 0.15) is 6.04 Å². The van der Waals surface area contributed by atoms with Crippen LogP contribution in [-0.2, 0) is 9.59 Å². The van der Waals surface area contributed by atoms with Gasteiger partial charge in [-0.3, -0.25) is 4.79 Å². The predicted molar refractivity (Wildman–Crippen MR) is 106 cm³/mol. The van der Waals surface area contributed by atoms with Crippen LogP contribution in [0.5, 0.6) is 0 Å². The highest BCUT2D eigenvalue weighted by Gasteiger charge is 2.17. The number of carboxylic acid groups (broad SMARTS) is 1. The van der Waals surface area contributed by atoms with E-state index in [1.165, 1.54) is 56.2 Å². The summed E-state index contributed by atoms with van der Waals surface area (Å²) in [6.45, 7) is 1.95. The highest BCUT2D eigenvalue weighted by Crippen LogP contribution is 2.24. The molecule has 0 aliphatic heterocycles. The third-order valence-electron chi connectivity index (χ3n) is 3.54. The fourth-order valence-electron chi connectivity index (χ4n) is 2.22. The number of unbranched alkanes of at least 4 members (excludes halogenated alkanes) is 8. The van der Waals surface area contributed by atoms with Crippen LogP contribution < -0.4 is 5.32 Å². The molecule has 0 saturated carbocycles. The van der Waals surface area contributed by atoms with E-state index in [9.17, 15) is 9.59 Å². The van der Waals surface area contributed by atoms with Crippen molar-refractivity contribution in [1.82, 2.24) is 5.32 Å². The van der Waals surface area contributed by atoms with Crippen LogP contribution in [-0.4, -0.2) is 41.1 Å². The molecule has 0 radical (unpaired) electrons. The normalized spacial score (nSPS) is 11.6. The minimum Gasteiger partial charge on any atom is -0.480 e. The van der Waals surface area contributed by atoms with Crippen molar-refractivity contribution in [3.05, 3.63) is 10.4 Å². The molecule has 0 aliphatic carbocycles. The number of carboxylic acids is 1.